The van der Waals surface area contributed by atoms with Gasteiger partial charge in [0, 0.05) is 29.9 Å². The predicted octanol–water partition coefficient (Wildman–Crippen LogP) is 6.24. The van der Waals surface area contributed by atoms with Crippen LogP contribution in [0.2, 0.25) is 0 Å². The van der Waals surface area contributed by atoms with Gasteiger partial charge in [-0.05, 0) is 55.7 Å². The Morgan fingerprint density at radius 2 is 1.92 bits per heavy atom. The van der Waals surface area contributed by atoms with E-state index in [0.29, 0.717) is 35.0 Å². The molecular weight excluding hydrogens is 500 g/mol. The zero-order chi connectivity index (χ0) is 26.8. The number of anilines is 2. The van der Waals surface area contributed by atoms with E-state index in [-0.39, 0.29) is 24.8 Å². The number of carbonyl (C=O) groups excluding carboxylic acids is 2. The van der Waals surface area contributed by atoms with Crippen molar-refractivity contribution in [2.75, 3.05) is 10.6 Å². The van der Waals surface area contributed by atoms with Gasteiger partial charge in [0.2, 0.25) is 12.3 Å². The van der Waals surface area contributed by atoms with E-state index in [1.54, 1.807) is 24.4 Å². The van der Waals surface area contributed by atoms with E-state index in [4.69, 9.17) is 4.98 Å². The number of pyridine rings is 1. The van der Waals surface area contributed by atoms with Crippen LogP contribution >= 0.6 is 0 Å². The van der Waals surface area contributed by atoms with Gasteiger partial charge in [-0.3, -0.25) is 9.59 Å². The van der Waals surface area contributed by atoms with Gasteiger partial charge in [0.15, 0.2) is 11.9 Å². The molecule has 4 aromatic rings. The molecule has 0 bridgehead atoms. The topological polar surface area (TPSA) is 101 Å². The molecule has 39 heavy (non-hydrogen) atoms. The quantitative estimate of drug-likeness (QED) is 0.223. The number of H-pyrrole nitrogens is 2. The molecule has 2 amide bonds. The van der Waals surface area contributed by atoms with Crippen LogP contribution in [0.3, 0.4) is 0 Å². The smallest absolute Gasteiger partial charge is 0.221 e. The van der Waals surface area contributed by atoms with Crippen molar-refractivity contribution < 1.29 is 23.4 Å². The van der Waals surface area contributed by atoms with Gasteiger partial charge in [0.1, 0.15) is 23.4 Å². The van der Waals surface area contributed by atoms with Crippen LogP contribution in [0.1, 0.15) is 56.7 Å². The fourth-order valence-electron chi connectivity index (χ4n) is 4.77. The van der Waals surface area contributed by atoms with Crippen LogP contribution in [0.4, 0.5) is 20.2 Å². The summed E-state index contributed by atoms with van der Waals surface area (Å²) in [6, 6.07) is 12.7. The van der Waals surface area contributed by atoms with Crippen LogP contribution in [-0.2, 0) is 9.59 Å². The molecule has 1 atom stereocenters. The Bertz CT molecular complexity index is 1480. The van der Waals surface area contributed by atoms with E-state index in [0.717, 1.165) is 42.0 Å². The highest BCUT2D eigenvalue weighted by Gasteiger charge is 2.33. The van der Waals surface area contributed by atoms with Gasteiger partial charge >= 0.3 is 0 Å². The number of hydrogen-bond acceptors (Lipinski definition) is 3. The first-order valence-electron chi connectivity index (χ1n) is 12.5. The number of aromatic amines is 2. The van der Waals surface area contributed by atoms with E-state index in [2.05, 4.69) is 20.6 Å². The zero-order valence-corrected chi connectivity index (χ0v) is 21.1. The largest absolute Gasteiger partial charge is 0.345 e. The lowest BCUT2D eigenvalue weighted by Gasteiger charge is -2.12. The number of aromatic nitrogens is 3. The van der Waals surface area contributed by atoms with E-state index in [1.165, 1.54) is 25.1 Å². The molecule has 1 aliphatic rings. The van der Waals surface area contributed by atoms with E-state index in [1.807, 2.05) is 19.1 Å². The molecule has 1 fully saturated rings. The number of imidazole rings is 1. The minimum Gasteiger partial charge on any atom is -0.345 e. The van der Waals surface area contributed by atoms with Crippen molar-refractivity contribution >= 4 is 23.7 Å². The Morgan fingerprint density at radius 3 is 2.54 bits per heavy atom. The van der Waals surface area contributed by atoms with Crippen molar-refractivity contribution in [2.45, 2.75) is 46.5 Å². The maximum atomic E-state index is 14.3. The summed E-state index contributed by atoms with van der Waals surface area (Å²) in [6.07, 6.45) is 5.38. The summed E-state index contributed by atoms with van der Waals surface area (Å²) >= 11 is 0. The molecule has 9 heteroatoms. The molecular formula is C30H32F2N5O2+. The van der Waals surface area contributed by atoms with Crippen molar-refractivity contribution in [3.63, 3.8) is 0 Å². The number of nitrogens with one attached hydrogen (secondary N) is 4. The van der Waals surface area contributed by atoms with Gasteiger partial charge < -0.3 is 15.6 Å². The molecule has 1 unspecified atom stereocenters. The highest BCUT2D eigenvalue weighted by molar-refractivity contribution is 5.95. The highest BCUT2D eigenvalue weighted by Crippen LogP contribution is 2.41. The van der Waals surface area contributed by atoms with Crippen LogP contribution in [0.5, 0.6) is 0 Å². The normalized spacial score (nSPS) is 13.3. The molecule has 2 aromatic carbocycles. The standard InChI is InChI=1S/C29H27F2N5O2.CH4/c1-16-28(21-10-9-20(33-15-37)13-26(21)35-17(2)38)36-29(34-16)22(12-18-6-7-18)25-11-8-19(14-32-25)27-23(30)4-3-5-24(27)31;/h3-5,8-11,13-15,18,22H,6-7,12H2,1-2H3,(H,33,37)(H,34,36)(H,35,38);1H4/p+1. The van der Waals surface area contributed by atoms with Gasteiger partial charge in [-0.2, -0.15) is 0 Å². The first-order valence-corrected chi connectivity index (χ1v) is 12.5. The van der Waals surface area contributed by atoms with E-state index >= 15 is 0 Å². The number of halogens is 2. The Morgan fingerprint density at radius 1 is 1.18 bits per heavy atom. The van der Waals surface area contributed by atoms with Gasteiger partial charge in [-0.15, -0.1) is 0 Å². The number of carbonyl (C=O) groups is 2. The minimum absolute atomic E-state index is 0. The Labute approximate surface area is 226 Å². The van der Waals surface area contributed by atoms with Crippen LogP contribution in [0.15, 0.2) is 54.7 Å². The summed E-state index contributed by atoms with van der Waals surface area (Å²) in [5.74, 6) is -0.221. The van der Waals surface area contributed by atoms with Crippen molar-refractivity contribution in [1.82, 2.24) is 9.97 Å². The Kier molecular flexibility index (Phi) is 8.18. The summed E-state index contributed by atoms with van der Waals surface area (Å²) in [6.45, 7) is 3.34. The SMILES string of the molecule is C.CC(=O)Nc1cc(NC=O)ccc1-c1nc(C(CC2CC2)c2ccc(-c3c(F)cccc3F)c[nH+]2)[nH]c1C. The molecule has 7 nitrogen and oxygen atoms in total. The first-order chi connectivity index (χ1) is 18.3. The molecule has 1 aliphatic carbocycles. The monoisotopic (exact) mass is 532 g/mol. The van der Waals surface area contributed by atoms with Crippen LogP contribution in [0.25, 0.3) is 22.4 Å². The number of rotatable bonds is 9. The van der Waals surface area contributed by atoms with Crippen LogP contribution < -0.4 is 15.6 Å². The third-order valence-electron chi connectivity index (χ3n) is 6.77. The molecule has 2 aromatic heterocycles. The first kappa shape index (κ1) is 27.6. The lowest BCUT2D eigenvalue weighted by Crippen LogP contribution is -2.18. The van der Waals surface area contributed by atoms with Crippen molar-refractivity contribution in [1.29, 1.82) is 0 Å². The second kappa shape index (κ2) is 11.6. The van der Waals surface area contributed by atoms with Gasteiger partial charge in [0.25, 0.3) is 0 Å². The molecule has 4 N–H and O–H groups in total. The van der Waals surface area contributed by atoms with Crippen LogP contribution in [-0.4, -0.2) is 22.3 Å². The Hall–Kier alpha value is -4.40. The number of benzene rings is 2. The molecule has 202 valence electrons. The zero-order valence-electron chi connectivity index (χ0n) is 21.1. The second-order valence-electron chi connectivity index (χ2n) is 9.66. The summed E-state index contributed by atoms with van der Waals surface area (Å²) in [7, 11) is 0. The van der Waals surface area contributed by atoms with E-state index in [9.17, 15) is 18.4 Å². The third-order valence-corrected chi connectivity index (χ3v) is 6.77. The summed E-state index contributed by atoms with van der Waals surface area (Å²) in [5, 5.41) is 5.42. The number of amides is 2. The van der Waals surface area contributed by atoms with E-state index < -0.39 is 11.6 Å². The summed E-state index contributed by atoms with van der Waals surface area (Å²) in [5.41, 5.74) is 4.56. The second-order valence-corrected chi connectivity index (χ2v) is 9.66. The lowest BCUT2D eigenvalue weighted by atomic mass is 9.96. The third kappa shape index (κ3) is 6.03. The van der Waals surface area contributed by atoms with Crippen molar-refractivity contribution in [2.24, 2.45) is 5.92 Å². The van der Waals surface area contributed by atoms with Gasteiger partial charge in [-0.1, -0.05) is 26.3 Å². The molecule has 1 saturated carbocycles. The lowest BCUT2D eigenvalue weighted by molar-refractivity contribution is -0.391. The molecule has 0 saturated heterocycles. The average Bonchev–Trinajstić information content (AvgIpc) is 3.63. The van der Waals surface area contributed by atoms with Gasteiger partial charge in [0.05, 0.1) is 22.5 Å². The maximum absolute atomic E-state index is 14.3. The molecule has 0 radical (unpaired) electrons. The fourth-order valence-corrected chi connectivity index (χ4v) is 4.77. The molecule has 0 aliphatic heterocycles. The van der Waals surface area contributed by atoms with Gasteiger partial charge in [-0.25, -0.2) is 18.7 Å². The maximum Gasteiger partial charge on any atom is 0.221 e. The predicted molar refractivity (Wildman–Crippen MR) is 147 cm³/mol. The average molecular weight is 533 g/mol. The van der Waals surface area contributed by atoms with Crippen molar-refractivity contribution in [3.8, 4) is 22.4 Å². The molecule has 2 heterocycles. The number of aryl methyl sites for hydroxylation is 1. The Balaban J connectivity index is 0.00000353. The summed E-state index contributed by atoms with van der Waals surface area (Å²) < 4.78 is 28.6. The fraction of sp³-hybridized carbons (Fsp3) is 0.267. The molecule has 5 rings (SSSR count). The number of hydrogen-bond donors (Lipinski definition) is 3. The summed E-state index contributed by atoms with van der Waals surface area (Å²) in [4.78, 5) is 34.4. The molecule has 0 spiro atoms. The number of nitrogens with zero attached hydrogens (tertiary/aromatic N) is 1. The van der Waals surface area contributed by atoms with Crippen molar-refractivity contribution in [3.05, 3.63) is 83.6 Å². The minimum atomic E-state index is -0.615. The van der Waals surface area contributed by atoms with Crippen LogP contribution in [0, 0.1) is 24.5 Å². The highest BCUT2D eigenvalue weighted by atomic mass is 19.1.